The zero-order chi connectivity index (χ0) is 10.6. The number of aliphatic imine (C=N–C) groups is 1. The van der Waals surface area contributed by atoms with Gasteiger partial charge in [-0.3, -0.25) is 4.79 Å². The van der Waals surface area contributed by atoms with Gasteiger partial charge >= 0.3 is 0 Å². The lowest BCUT2D eigenvalue weighted by molar-refractivity contribution is 0.112. The first-order valence-electron chi connectivity index (χ1n) is 3.84. The number of hydrogen-bond acceptors (Lipinski definition) is 3. The van der Waals surface area contributed by atoms with Gasteiger partial charge in [-0.05, 0) is 6.07 Å². The van der Waals surface area contributed by atoms with Crippen molar-refractivity contribution < 1.29 is 4.79 Å². The summed E-state index contributed by atoms with van der Waals surface area (Å²) in [5.41, 5.74) is 0.371. The minimum absolute atomic E-state index is 0.371. The van der Waals surface area contributed by atoms with Gasteiger partial charge in [0, 0.05) is 14.1 Å². The van der Waals surface area contributed by atoms with Crippen molar-refractivity contribution in [2.45, 2.75) is 0 Å². The molecule has 0 N–H and O–H groups in total. The average molecular weight is 207 g/mol. The second kappa shape index (κ2) is 4.53. The summed E-state index contributed by atoms with van der Waals surface area (Å²) in [6, 6.07) is 1.61. The quantitative estimate of drug-likeness (QED) is 0.330. The third-order valence-corrected chi connectivity index (χ3v) is 2.33. The van der Waals surface area contributed by atoms with Crippen LogP contribution in [-0.2, 0) is 0 Å². The van der Waals surface area contributed by atoms with Crippen molar-refractivity contribution in [3.63, 3.8) is 0 Å². The van der Waals surface area contributed by atoms with Gasteiger partial charge < -0.3 is 4.90 Å². The molecule has 0 fully saturated rings. The van der Waals surface area contributed by atoms with Crippen molar-refractivity contribution in [3.8, 4) is 0 Å². The van der Waals surface area contributed by atoms with Crippen LogP contribution in [0.5, 0.6) is 0 Å². The summed E-state index contributed by atoms with van der Waals surface area (Å²) >= 11 is 1.22. The molecule has 0 spiro atoms. The lowest BCUT2D eigenvalue weighted by atomic mass is 10.4. The minimum atomic E-state index is 0.371. The van der Waals surface area contributed by atoms with Gasteiger partial charge in [-0.1, -0.05) is 0 Å². The van der Waals surface area contributed by atoms with E-state index in [2.05, 4.69) is 9.84 Å². The lowest BCUT2D eigenvalue weighted by Crippen LogP contribution is -2.06. The molecule has 0 aliphatic rings. The maximum atomic E-state index is 10.5. The van der Waals surface area contributed by atoms with E-state index in [1.54, 1.807) is 17.3 Å². The summed E-state index contributed by atoms with van der Waals surface area (Å²) in [7, 11) is 3.71. The Bertz CT molecular complexity index is 401. The molecule has 0 saturated carbocycles. The molecule has 72 valence electrons. The van der Waals surface area contributed by atoms with Gasteiger partial charge in [0.15, 0.2) is 0 Å². The Balaban J connectivity index is 2.97. The largest absolute Gasteiger partial charge is 0.369 e. The van der Waals surface area contributed by atoms with Crippen molar-refractivity contribution in [2.24, 2.45) is 4.99 Å². The Labute approximate surface area is 86.3 Å². The van der Waals surface area contributed by atoms with E-state index in [1.165, 1.54) is 11.3 Å². The number of carbonyl (C=O) groups excluding carboxylic acids is 1. The van der Waals surface area contributed by atoms with Gasteiger partial charge in [0.25, 0.3) is 0 Å². The molecular weight excluding hydrogens is 198 g/mol. The van der Waals surface area contributed by atoms with E-state index in [-0.39, 0.29) is 0 Å². The van der Waals surface area contributed by atoms with Gasteiger partial charge in [0.1, 0.15) is 11.3 Å². The zero-order valence-electron chi connectivity index (χ0n) is 7.89. The molecule has 0 aromatic carbocycles. The molecule has 1 heterocycles. The van der Waals surface area contributed by atoms with Crippen molar-refractivity contribution in [3.05, 3.63) is 22.4 Å². The summed E-state index contributed by atoms with van der Waals surface area (Å²) < 4.78 is 0. The monoisotopic (exact) mass is 207 g/mol. The molecular formula is C9H9N3OS. The highest BCUT2D eigenvalue weighted by molar-refractivity contribution is 7.18. The number of carbonyl (C=O) groups is 1. The Kier molecular flexibility index (Phi) is 3.37. The Morgan fingerprint density at radius 3 is 2.79 bits per heavy atom. The van der Waals surface area contributed by atoms with E-state index in [9.17, 15) is 4.79 Å². The lowest BCUT2D eigenvalue weighted by Gasteiger charge is -2.00. The summed E-state index contributed by atoms with van der Waals surface area (Å²) in [5, 5.41) is 0.673. The Morgan fingerprint density at radius 1 is 1.64 bits per heavy atom. The van der Waals surface area contributed by atoms with Crippen LogP contribution in [0, 0.1) is 6.57 Å². The van der Waals surface area contributed by atoms with Crippen LogP contribution in [0.25, 0.3) is 4.85 Å². The van der Waals surface area contributed by atoms with Gasteiger partial charge in [-0.15, -0.1) is 11.3 Å². The minimum Gasteiger partial charge on any atom is -0.369 e. The predicted octanol–water partition coefficient (Wildman–Crippen LogP) is 2.33. The number of hydrogen-bond donors (Lipinski definition) is 0. The molecule has 0 bridgehead atoms. The van der Waals surface area contributed by atoms with E-state index < -0.39 is 0 Å². The molecule has 5 heteroatoms. The van der Waals surface area contributed by atoms with E-state index in [0.29, 0.717) is 21.9 Å². The SMILES string of the molecule is [C-]#[N+]c1cc(/N=C\N(C)C)sc1C=O. The van der Waals surface area contributed by atoms with Crippen LogP contribution in [0.4, 0.5) is 10.7 Å². The molecule has 14 heavy (non-hydrogen) atoms. The molecule has 0 atom stereocenters. The summed E-state index contributed by atoms with van der Waals surface area (Å²) in [6.45, 7) is 6.83. The number of rotatable bonds is 3. The summed E-state index contributed by atoms with van der Waals surface area (Å²) in [6.07, 6.45) is 2.32. The van der Waals surface area contributed by atoms with Gasteiger partial charge in [0.05, 0.1) is 17.8 Å². The Morgan fingerprint density at radius 2 is 2.36 bits per heavy atom. The third kappa shape index (κ3) is 2.41. The number of thiophene rings is 1. The first-order valence-corrected chi connectivity index (χ1v) is 4.66. The summed E-state index contributed by atoms with van der Waals surface area (Å²) in [5.74, 6) is 0. The van der Waals surface area contributed by atoms with Gasteiger partial charge in [-0.2, -0.15) is 0 Å². The van der Waals surface area contributed by atoms with Crippen molar-refractivity contribution in [1.29, 1.82) is 0 Å². The molecule has 0 saturated heterocycles. The molecule has 1 aromatic rings. The van der Waals surface area contributed by atoms with Crippen LogP contribution in [0.15, 0.2) is 11.1 Å². The van der Waals surface area contributed by atoms with Crippen LogP contribution >= 0.6 is 11.3 Å². The molecule has 0 aliphatic heterocycles. The molecule has 0 amide bonds. The first-order chi connectivity index (χ1) is 6.67. The van der Waals surface area contributed by atoms with Crippen LogP contribution in [0.2, 0.25) is 0 Å². The molecule has 1 rings (SSSR count). The van der Waals surface area contributed by atoms with Crippen LogP contribution in [0.1, 0.15) is 9.67 Å². The topological polar surface area (TPSA) is 37.0 Å². The maximum Gasteiger partial charge on any atom is 0.210 e. The molecule has 0 radical (unpaired) electrons. The van der Waals surface area contributed by atoms with Crippen molar-refractivity contribution >= 4 is 34.6 Å². The first kappa shape index (κ1) is 10.4. The van der Waals surface area contributed by atoms with Gasteiger partial charge in [0.2, 0.25) is 5.69 Å². The van der Waals surface area contributed by atoms with Crippen molar-refractivity contribution in [2.75, 3.05) is 14.1 Å². The highest BCUT2D eigenvalue weighted by Crippen LogP contribution is 2.33. The fourth-order valence-electron chi connectivity index (χ4n) is 0.790. The molecule has 0 aliphatic carbocycles. The van der Waals surface area contributed by atoms with E-state index >= 15 is 0 Å². The standard InChI is InChI=1S/C9H9N3OS/c1-10-7-4-9(11-6-12(2)3)14-8(7)5-13/h4-6H,2-3H3/b11-6-. The normalized spacial score (nSPS) is 10.1. The van der Waals surface area contributed by atoms with E-state index in [4.69, 9.17) is 6.57 Å². The second-order valence-corrected chi connectivity index (χ2v) is 3.83. The van der Waals surface area contributed by atoms with Gasteiger partial charge in [-0.25, -0.2) is 9.84 Å². The fraction of sp³-hybridized carbons (Fsp3) is 0.222. The third-order valence-electron chi connectivity index (χ3n) is 1.37. The van der Waals surface area contributed by atoms with Crippen molar-refractivity contribution in [1.82, 2.24) is 4.90 Å². The smallest absolute Gasteiger partial charge is 0.210 e. The average Bonchev–Trinajstić information content (AvgIpc) is 2.57. The highest BCUT2D eigenvalue weighted by atomic mass is 32.1. The van der Waals surface area contributed by atoms with Crippen LogP contribution in [-0.4, -0.2) is 31.6 Å². The highest BCUT2D eigenvalue weighted by Gasteiger charge is 2.06. The van der Waals surface area contributed by atoms with Crippen LogP contribution < -0.4 is 0 Å². The summed E-state index contributed by atoms with van der Waals surface area (Å²) in [4.78, 5) is 20.1. The predicted molar refractivity (Wildman–Crippen MR) is 57.8 cm³/mol. The number of aldehydes is 1. The molecule has 4 nitrogen and oxygen atoms in total. The van der Waals surface area contributed by atoms with E-state index in [0.717, 1.165) is 0 Å². The van der Waals surface area contributed by atoms with E-state index in [1.807, 2.05) is 14.1 Å². The zero-order valence-corrected chi connectivity index (χ0v) is 8.71. The molecule has 1 aromatic heterocycles. The fourth-order valence-corrected chi connectivity index (χ4v) is 1.54. The number of nitrogens with zero attached hydrogens (tertiary/aromatic N) is 3. The maximum absolute atomic E-state index is 10.5. The van der Waals surface area contributed by atoms with Crippen LogP contribution in [0.3, 0.4) is 0 Å². The second-order valence-electron chi connectivity index (χ2n) is 2.77. The molecule has 0 unspecified atom stereocenters. The Hall–Kier alpha value is -1.67.